The molecule has 3 aliphatic heterocycles. The lowest BCUT2D eigenvalue weighted by Crippen LogP contribution is -2.61. The van der Waals surface area contributed by atoms with Gasteiger partial charge in [-0.1, -0.05) is 44.1 Å². The molecule has 0 spiro atoms. The van der Waals surface area contributed by atoms with Crippen LogP contribution >= 0.6 is 0 Å². The topological polar surface area (TPSA) is 114 Å². The van der Waals surface area contributed by atoms with Crippen LogP contribution in [0.15, 0.2) is 52.6 Å². The molecule has 38 heavy (non-hydrogen) atoms. The molecule has 3 aliphatic rings. The van der Waals surface area contributed by atoms with E-state index >= 15 is 0 Å². The minimum absolute atomic E-state index is 0.117. The highest BCUT2D eigenvalue weighted by molar-refractivity contribution is 6.58. The van der Waals surface area contributed by atoms with Crippen molar-refractivity contribution in [1.82, 2.24) is 14.8 Å². The lowest BCUT2D eigenvalue weighted by Gasteiger charge is -2.48. The summed E-state index contributed by atoms with van der Waals surface area (Å²) in [5.74, 6) is -0.536. The molecule has 0 radical (unpaired) electrons. The first kappa shape index (κ1) is 24.4. The van der Waals surface area contributed by atoms with Gasteiger partial charge in [-0.05, 0) is 36.1 Å². The highest BCUT2D eigenvalue weighted by Crippen LogP contribution is 2.50. The number of H-pyrrole nitrogens is 1. The Bertz CT molecular complexity index is 1510. The summed E-state index contributed by atoms with van der Waals surface area (Å²) in [5, 5.41) is 25.4. The molecule has 9 nitrogen and oxygen atoms in total. The van der Waals surface area contributed by atoms with E-state index in [-0.39, 0.29) is 17.3 Å². The van der Waals surface area contributed by atoms with Crippen LogP contribution in [0.1, 0.15) is 38.3 Å². The third-order valence-corrected chi connectivity index (χ3v) is 8.31. The second kappa shape index (κ2) is 8.56. The fourth-order valence-electron chi connectivity index (χ4n) is 6.28. The van der Waals surface area contributed by atoms with Gasteiger partial charge in [0.1, 0.15) is 23.8 Å². The van der Waals surface area contributed by atoms with Crippen LogP contribution in [0.25, 0.3) is 10.9 Å². The molecule has 2 saturated heterocycles. The van der Waals surface area contributed by atoms with E-state index in [0.717, 1.165) is 12.0 Å². The number of carbonyl (C=O) groups is 1. The summed E-state index contributed by atoms with van der Waals surface area (Å²) in [7, 11) is 0. The summed E-state index contributed by atoms with van der Waals surface area (Å²) in [6.07, 6.45) is -0.0606. The number of benzene rings is 2. The van der Waals surface area contributed by atoms with E-state index in [9.17, 15) is 19.4 Å². The Labute approximate surface area is 219 Å². The number of fused-ring (bicyclic) bond motifs is 4. The number of aromatic nitrogens is 1. The minimum atomic E-state index is -0.864. The number of carboxylic acid groups (broad SMARTS) is 1. The Kier molecular flexibility index (Phi) is 5.50. The fraction of sp³-hybridized carbons (Fsp3) is 0.393. The van der Waals surface area contributed by atoms with Gasteiger partial charge in [-0.25, -0.2) is 14.2 Å². The quantitative estimate of drug-likeness (QED) is 0.333. The van der Waals surface area contributed by atoms with Crippen molar-refractivity contribution >= 4 is 34.1 Å². The van der Waals surface area contributed by atoms with Gasteiger partial charge in [0.2, 0.25) is 0 Å². The number of nitrogens with zero attached hydrogens (tertiary/aromatic N) is 4. The molecule has 0 unspecified atom stereocenters. The number of likely N-dealkylation sites (tertiary alicyclic amines) is 2. The first-order valence-electron chi connectivity index (χ1n) is 12.7. The molecule has 2 aromatic carbocycles. The number of oxime groups is 1. The molecule has 0 aliphatic carbocycles. The third kappa shape index (κ3) is 3.65. The smallest absolute Gasteiger partial charge is 0.407 e. The molecule has 3 aromatic rings. The number of aromatic amines is 1. The molecule has 6 rings (SSSR count). The van der Waals surface area contributed by atoms with Crippen molar-refractivity contribution in [1.29, 1.82) is 0 Å². The maximum Gasteiger partial charge on any atom is 0.407 e. The van der Waals surface area contributed by atoms with Crippen LogP contribution in [0.3, 0.4) is 0 Å². The number of rotatable bonds is 5. The number of nitrogens with one attached hydrogen (secondary N) is 1. The fourth-order valence-corrected chi connectivity index (χ4v) is 6.28. The van der Waals surface area contributed by atoms with Gasteiger partial charge in [-0.2, -0.15) is 0 Å². The standard InChI is InChI=1S/C28H30FN5O4/c1-27(2,3)28-13-17(14-34(28)26(36)37)33(15-28)10-11-38-32-23-18-6-4-5-7-20(18)30-24(23)22-19-12-16(29)8-9-21(19)31-25(22)35/h4-9,12,17,31,35H,10-11,13-15H2,1-3H3,(H,36,37)/b32-23+/t17-,28+/m0/s1. The Morgan fingerprint density at radius 2 is 2.08 bits per heavy atom. The molecule has 3 N–H and O–H groups in total. The Morgan fingerprint density at radius 1 is 1.29 bits per heavy atom. The van der Waals surface area contributed by atoms with E-state index in [0.29, 0.717) is 59.8 Å². The summed E-state index contributed by atoms with van der Waals surface area (Å²) in [6.45, 7) is 8.34. The van der Waals surface area contributed by atoms with Crippen molar-refractivity contribution in [2.24, 2.45) is 15.6 Å². The van der Waals surface area contributed by atoms with Gasteiger partial charge < -0.3 is 20.0 Å². The van der Waals surface area contributed by atoms with Gasteiger partial charge in [0, 0.05) is 42.1 Å². The van der Waals surface area contributed by atoms with Gasteiger partial charge in [0.05, 0.1) is 16.8 Å². The number of piperazine rings is 1. The highest BCUT2D eigenvalue weighted by Gasteiger charge is 2.61. The van der Waals surface area contributed by atoms with E-state index in [4.69, 9.17) is 9.83 Å². The molecular weight excluding hydrogens is 489 g/mol. The van der Waals surface area contributed by atoms with Crippen molar-refractivity contribution < 1.29 is 24.2 Å². The lowest BCUT2D eigenvalue weighted by atomic mass is 9.73. The molecule has 10 heteroatoms. The summed E-state index contributed by atoms with van der Waals surface area (Å²) in [6, 6.07) is 11.9. The molecule has 198 valence electrons. The van der Waals surface area contributed by atoms with Crippen molar-refractivity contribution in [3.63, 3.8) is 0 Å². The van der Waals surface area contributed by atoms with Gasteiger partial charge in [0.25, 0.3) is 0 Å². The Hall–Kier alpha value is -3.92. The number of amides is 1. The van der Waals surface area contributed by atoms with Crippen LogP contribution in [0.4, 0.5) is 14.9 Å². The first-order valence-corrected chi connectivity index (χ1v) is 12.7. The van der Waals surface area contributed by atoms with Crippen molar-refractivity contribution in [3.05, 3.63) is 59.4 Å². The molecule has 2 atom stereocenters. The van der Waals surface area contributed by atoms with Gasteiger partial charge >= 0.3 is 6.09 Å². The van der Waals surface area contributed by atoms with Crippen molar-refractivity contribution in [2.45, 2.75) is 38.8 Å². The molecule has 2 fully saturated rings. The average Bonchev–Trinajstić information content (AvgIpc) is 3.60. The van der Waals surface area contributed by atoms with Crippen LogP contribution in [-0.2, 0) is 4.84 Å². The zero-order valence-electron chi connectivity index (χ0n) is 21.5. The monoisotopic (exact) mass is 519 g/mol. The molecule has 4 heterocycles. The van der Waals surface area contributed by atoms with Crippen molar-refractivity contribution in [3.8, 4) is 5.88 Å². The molecule has 2 bridgehead atoms. The minimum Gasteiger partial charge on any atom is -0.494 e. The third-order valence-electron chi connectivity index (χ3n) is 8.31. The molecule has 1 amide bonds. The number of hydrogen-bond acceptors (Lipinski definition) is 6. The summed E-state index contributed by atoms with van der Waals surface area (Å²) in [4.78, 5) is 29.2. The van der Waals surface area contributed by atoms with E-state index in [2.05, 4.69) is 35.8 Å². The van der Waals surface area contributed by atoms with Crippen LogP contribution in [-0.4, -0.2) is 80.3 Å². The van der Waals surface area contributed by atoms with Crippen LogP contribution in [0, 0.1) is 11.2 Å². The predicted molar refractivity (Wildman–Crippen MR) is 142 cm³/mol. The van der Waals surface area contributed by atoms with Crippen LogP contribution < -0.4 is 0 Å². The van der Waals surface area contributed by atoms with Gasteiger partial charge in [-0.15, -0.1) is 0 Å². The number of para-hydroxylation sites is 1. The lowest BCUT2D eigenvalue weighted by molar-refractivity contribution is -0.00398. The Morgan fingerprint density at radius 3 is 2.84 bits per heavy atom. The van der Waals surface area contributed by atoms with E-state index in [1.807, 2.05) is 24.3 Å². The normalized spacial score (nSPS) is 23.9. The van der Waals surface area contributed by atoms with E-state index < -0.39 is 17.4 Å². The SMILES string of the molecule is CC(C)(C)[C@]12C[C@@H](CN1C(=O)O)N(CCO/N=C1/C(c3c(O)[nH]c4ccc(F)cc34)=Nc3ccccc31)C2. The summed E-state index contributed by atoms with van der Waals surface area (Å²) in [5.41, 5.74) is 2.65. The van der Waals surface area contributed by atoms with Crippen LogP contribution in [0.5, 0.6) is 5.88 Å². The van der Waals surface area contributed by atoms with E-state index in [1.54, 1.807) is 11.0 Å². The molecule has 1 aromatic heterocycles. The van der Waals surface area contributed by atoms with Gasteiger partial charge in [-0.3, -0.25) is 9.80 Å². The number of aromatic hydroxyl groups is 1. The second-order valence-corrected chi connectivity index (χ2v) is 11.3. The first-order chi connectivity index (χ1) is 18.1. The molecular formula is C28H30FN5O4. The maximum absolute atomic E-state index is 14.1. The zero-order chi connectivity index (χ0) is 26.8. The van der Waals surface area contributed by atoms with Crippen LogP contribution in [0.2, 0.25) is 0 Å². The van der Waals surface area contributed by atoms with Gasteiger partial charge in [0.15, 0.2) is 5.88 Å². The Balaban J connectivity index is 1.23. The zero-order valence-corrected chi connectivity index (χ0v) is 21.5. The summed E-state index contributed by atoms with van der Waals surface area (Å²) >= 11 is 0. The molecule has 0 saturated carbocycles. The predicted octanol–water partition coefficient (Wildman–Crippen LogP) is 4.72. The number of halogens is 1. The maximum atomic E-state index is 14.1. The van der Waals surface area contributed by atoms with E-state index in [1.165, 1.54) is 12.1 Å². The second-order valence-electron chi connectivity index (χ2n) is 11.3. The number of hydrogen-bond donors (Lipinski definition) is 3. The number of aliphatic imine (C=N–C) groups is 1. The average molecular weight is 520 g/mol. The highest BCUT2D eigenvalue weighted by atomic mass is 19.1. The van der Waals surface area contributed by atoms with Crippen molar-refractivity contribution in [2.75, 3.05) is 26.2 Å². The largest absolute Gasteiger partial charge is 0.494 e. The summed E-state index contributed by atoms with van der Waals surface area (Å²) < 4.78 is 14.1.